The number of amides is 1. The molecule has 0 atom stereocenters. The third kappa shape index (κ3) is 4.32. The summed E-state index contributed by atoms with van der Waals surface area (Å²) in [4.78, 5) is 24.1. The first-order valence-electron chi connectivity index (χ1n) is 7.28. The van der Waals surface area contributed by atoms with Crippen molar-refractivity contribution in [3.8, 4) is 0 Å². The average Bonchev–Trinajstić information content (AvgIpc) is 2.56. The number of carbonyl (C=O) groups excluding carboxylic acids is 2. The normalized spacial score (nSPS) is 11.0. The number of carbonyl (C=O) groups is 2. The van der Waals surface area contributed by atoms with Gasteiger partial charge >= 0.3 is 5.97 Å². The Morgan fingerprint density at radius 1 is 1.17 bits per heavy atom. The van der Waals surface area contributed by atoms with E-state index in [4.69, 9.17) is 16.3 Å². The van der Waals surface area contributed by atoms with Crippen LogP contribution in [-0.4, -0.2) is 18.5 Å². The van der Waals surface area contributed by atoms with Gasteiger partial charge in [-0.25, -0.2) is 4.39 Å². The van der Waals surface area contributed by atoms with E-state index in [1.165, 1.54) is 12.1 Å². The molecule has 0 bridgehead atoms. The molecule has 1 N–H and O–H groups in total. The van der Waals surface area contributed by atoms with Gasteiger partial charge in [0.15, 0.2) is 6.61 Å². The predicted octanol–water partition coefficient (Wildman–Crippen LogP) is 3.94. The van der Waals surface area contributed by atoms with Crippen molar-refractivity contribution in [1.29, 1.82) is 0 Å². The summed E-state index contributed by atoms with van der Waals surface area (Å²) in [5.41, 5.74) is 0.160. The summed E-state index contributed by atoms with van der Waals surface area (Å²) >= 11 is 5.83. The highest BCUT2D eigenvalue weighted by atomic mass is 35.5. The van der Waals surface area contributed by atoms with E-state index in [0.29, 0.717) is 0 Å². The van der Waals surface area contributed by atoms with Crippen LogP contribution in [0.4, 0.5) is 10.1 Å². The number of nitrogens with one attached hydrogen (secondary N) is 1. The van der Waals surface area contributed by atoms with Crippen molar-refractivity contribution >= 4 is 29.2 Å². The Labute approximate surface area is 144 Å². The van der Waals surface area contributed by atoms with Crippen molar-refractivity contribution in [1.82, 2.24) is 0 Å². The Morgan fingerprint density at radius 3 is 2.46 bits per heavy atom. The first-order valence-corrected chi connectivity index (χ1v) is 7.66. The molecule has 2 aromatic carbocycles. The number of esters is 1. The van der Waals surface area contributed by atoms with Crippen LogP contribution in [0.1, 0.15) is 19.4 Å². The van der Waals surface area contributed by atoms with Gasteiger partial charge in [0.25, 0.3) is 5.91 Å². The van der Waals surface area contributed by atoms with Gasteiger partial charge in [-0.1, -0.05) is 41.9 Å². The Morgan fingerprint density at radius 2 is 1.83 bits per heavy atom. The van der Waals surface area contributed by atoms with E-state index in [-0.39, 0.29) is 10.7 Å². The molecule has 126 valence electrons. The summed E-state index contributed by atoms with van der Waals surface area (Å²) in [6.07, 6.45) is 0. The molecule has 0 fully saturated rings. The van der Waals surface area contributed by atoms with E-state index in [2.05, 4.69) is 5.32 Å². The summed E-state index contributed by atoms with van der Waals surface area (Å²) in [6, 6.07) is 12.7. The zero-order valence-electron chi connectivity index (χ0n) is 13.3. The minimum Gasteiger partial charge on any atom is -0.455 e. The monoisotopic (exact) mass is 349 g/mol. The van der Waals surface area contributed by atoms with Crippen molar-refractivity contribution in [3.63, 3.8) is 0 Å². The van der Waals surface area contributed by atoms with Crippen molar-refractivity contribution in [2.24, 2.45) is 0 Å². The minimum atomic E-state index is -0.880. The van der Waals surface area contributed by atoms with E-state index in [1.807, 2.05) is 30.3 Å². The molecular formula is C18H17ClFNO3. The molecule has 2 rings (SSSR count). The predicted molar refractivity (Wildman–Crippen MR) is 90.5 cm³/mol. The number of anilines is 1. The van der Waals surface area contributed by atoms with Gasteiger partial charge in [-0.05, 0) is 37.6 Å². The molecule has 0 aliphatic heterocycles. The van der Waals surface area contributed by atoms with Crippen molar-refractivity contribution in [2.75, 3.05) is 11.9 Å². The second-order valence-electron chi connectivity index (χ2n) is 5.74. The Kier molecular flexibility index (Phi) is 5.57. The van der Waals surface area contributed by atoms with Gasteiger partial charge < -0.3 is 10.1 Å². The maximum Gasteiger partial charge on any atom is 0.316 e. The Bertz CT molecular complexity index is 747. The molecular weight excluding hydrogens is 333 g/mol. The summed E-state index contributed by atoms with van der Waals surface area (Å²) in [7, 11) is 0. The second-order valence-corrected chi connectivity index (χ2v) is 6.15. The number of benzene rings is 2. The lowest BCUT2D eigenvalue weighted by atomic mass is 9.85. The molecule has 1 amide bonds. The van der Waals surface area contributed by atoms with Crippen LogP contribution < -0.4 is 5.32 Å². The molecule has 0 aliphatic rings. The first kappa shape index (κ1) is 17.9. The average molecular weight is 350 g/mol. The topological polar surface area (TPSA) is 55.4 Å². The maximum absolute atomic E-state index is 13.0. The molecule has 6 heteroatoms. The molecule has 0 unspecified atom stereocenters. The van der Waals surface area contributed by atoms with Crippen LogP contribution in [0.3, 0.4) is 0 Å². The van der Waals surface area contributed by atoms with Crippen LogP contribution in [0.2, 0.25) is 5.02 Å². The zero-order chi connectivity index (χ0) is 17.7. The van der Waals surface area contributed by atoms with Crippen molar-refractivity contribution < 1.29 is 18.7 Å². The number of ether oxygens (including phenoxy) is 1. The third-order valence-electron chi connectivity index (χ3n) is 3.55. The summed E-state index contributed by atoms with van der Waals surface area (Å²) in [5.74, 6) is -1.58. The van der Waals surface area contributed by atoms with Gasteiger partial charge in [-0.3, -0.25) is 9.59 Å². The van der Waals surface area contributed by atoms with Crippen molar-refractivity contribution in [3.05, 3.63) is 64.9 Å². The molecule has 0 aromatic heterocycles. The molecule has 0 aliphatic carbocycles. The van der Waals surface area contributed by atoms with E-state index in [9.17, 15) is 14.0 Å². The summed E-state index contributed by atoms with van der Waals surface area (Å²) in [5, 5.41) is 2.54. The summed E-state index contributed by atoms with van der Waals surface area (Å²) in [6.45, 7) is 2.99. The molecule has 0 heterocycles. The SMILES string of the molecule is CC(C)(C(=O)OCC(=O)Nc1ccc(F)cc1Cl)c1ccccc1. The smallest absolute Gasteiger partial charge is 0.316 e. The standard InChI is InChI=1S/C18H17ClFNO3/c1-18(2,12-6-4-3-5-7-12)17(23)24-11-16(22)21-15-9-8-13(20)10-14(15)19/h3-10H,11H2,1-2H3,(H,21,22). The van der Waals surface area contributed by atoms with Crippen LogP contribution in [0.15, 0.2) is 48.5 Å². The lowest BCUT2D eigenvalue weighted by molar-refractivity contribution is -0.152. The maximum atomic E-state index is 13.0. The highest BCUT2D eigenvalue weighted by Crippen LogP contribution is 2.25. The van der Waals surface area contributed by atoms with Gasteiger partial charge in [0.1, 0.15) is 5.82 Å². The van der Waals surface area contributed by atoms with Crippen LogP contribution in [0.5, 0.6) is 0 Å². The van der Waals surface area contributed by atoms with Gasteiger partial charge in [-0.15, -0.1) is 0 Å². The zero-order valence-corrected chi connectivity index (χ0v) is 14.1. The quantitative estimate of drug-likeness (QED) is 0.832. The lowest BCUT2D eigenvalue weighted by Gasteiger charge is -2.22. The second kappa shape index (κ2) is 7.45. The highest BCUT2D eigenvalue weighted by Gasteiger charge is 2.31. The molecule has 0 spiro atoms. The molecule has 2 aromatic rings. The van der Waals surface area contributed by atoms with Crippen LogP contribution >= 0.6 is 11.6 Å². The number of rotatable bonds is 5. The van der Waals surface area contributed by atoms with Gasteiger partial charge in [-0.2, -0.15) is 0 Å². The van der Waals surface area contributed by atoms with E-state index in [0.717, 1.165) is 11.6 Å². The van der Waals surface area contributed by atoms with Gasteiger partial charge in [0.05, 0.1) is 16.1 Å². The molecule has 24 heavy (non-hydrogen) atoms. The van der Waals surface area contributed by atoms with Gasteiger partial charge in [0.2, 0.25) is 0 Å². The lowest BCUT2D eigenvalue weighted by Crippen LogP contribution is -2.33. The fourth-order valence-corrected chi connectivity index (χ4v) is 2.28. The number of hydrogen-bond donors (Lipinski definition) is 1. The molecule has 0 saturated carbocycles. The molecule has 0 radical (unpaired) electrons. The van der Waals surface area contributed by atoms with Gasteiger partial charge in [0, 0.05) is 0 Å². The summed E-state index contributed by atoms with van der Waals surface area (Å²) < 4.78 is 18.1. The van der Waals surface area contributed by atoms with Crippen LogP contribution in [0, 0.1) is 5.82 Å². The Hall–Kier alpha value is -2.40. The number of hydrogen-bond acceptors (Lipinski definition) is 3. The molecule has 4 nitrogen and oxygen atoms in total. The highest BCUT2D eigenvalue weighted by molar-refractivity contribution is 6.33. The fourth-order valence-electron chi connectivity index (χ4n) is 2.06. The minimum absolute atomic E-state index is 0.0688. The Balaban J connectivity index is 1.95. The first-order chi connectivity index (χ1) is 11.3. The largest absolute Gasteiger partial charge is 0.455 e. The van der Waals surface area contributed by atoms with Crippen LogP contribution in [-0.2, 0) is 19.7 Å². The molecule has 0 saturated heterocycles. The van der Waals surface area contributed by atoms with E-state index < -0.39 is 29.7 Å². The van der Waals surface area contributed by atoms with Crippen LogP contribution in [0.25, 0.3) is 0 Å². The third-order valence-corrected chi connectivity index (χ3v) is 3.86. The van der Waals surface area contributed by atoms with E-state index >= 15 is 0 Å². The fraction of sp³-hybridized carbons (Fsp3) is 0.222. The van der Waals surface area contributed by atoms with Crippen molar-refractivity contribution in [2.45, 2.75) is 19.3 Å². The van der Waals surface area contributed by atoms with E-state index in [1.54, 1.807) is 13.8 Å². The number of halogens is 2.